The van der Waals surface area contributed by atoms with Crippen LogP contribution in [-0.4, -0.2) is 26.8 Å². The maximum atomic E-state index is 12.4. The van der Waals surface area contributed by atoms with E-state index in [1.54, 1.807) is 12.1 Å². The predicted octanol–water partition coefficient (Wildman–Crippen LogP) is 4.12. The topological polar surface area (TPSA) is 87.7 Å². The first-order valence-corrected chi connectivity index (χ1v) is 11.3. The van der Waals surface area contributed by atoms with E-state index in [9.17, 15) is 9.59 Å². The van der Waals surface area contributed by atoms with Gasteiger partial charge in [0.2, 0.25) is 5.91 Å². The minimum Gasteiger partial charge on any atom is -0.351 e. The summed E-state index contributed by atoms with van der Waals surface area (Å²) in [6.45, 7) is 6.89. The fourth-order valence-electron chi connectivity index (χ4n) is 2.83. The van der Waals surface area contributed by atoms with E-state index in [0.717, 1.165) is 22.9 Å². The molecule has 0 spiro atoms. The van der Waals surface area contributed by atoms with Gasteiger partial charge in [-0.1, -0.05) is 80.5 Å². The lowest BCUT2D eigenvalue weighted by molar-refractivity contribution is -0.118. The Balaban J connectivity index is 1.52. The third-order valence-electron chi connectivity index (χ3n) is 4.68. The van der Waals surface area contributed by atoms with E-state index in [1.165, 1.54) is 5.56 Å². The van der Waals surface area contributed by atoms with Crippen LogP contribution in [0, 0.1) is 0 Å². The van der Waals surface area contributed by atoms with Crippen molar-refractivity contribution in [3.8, 4) is 0 Å². The summed E-state index contributed by atoms with van der Waals surface area (Å²) in [5.74, 6) is -0.0307. The zero-order chi connectivity index (χ0) is 22.4. The molecule has 162 valence electrons. The molecule has 0 unspecified atom stereocenters. The number of halogens is 1. The number of aromatic nitrogens is 3. The summed E-state index contributed by atoms with van der Waals surface area (Å²) >= 11 is 6.99. The first-order chi connectivity index (χ1) is 14.7. The van der Waals surface area contributed by atoms with Gasteiger partial charge in [0, 0.05) is 18.0 Å². The molecule has 0 saturated carbocycles. The number of thioether (sulfide) groups is 1. The number of aromatic amines is 1. The van der Waals surface area contributed by atoms with Gasteiger partial charge in [0.1, 0.15) is 5.69 Å². The number of rotatable bonds is 7. The second kappa shape index (κ2) is 10.1. The summed E-state index contributed by atoms with van der Waals surface area (Å²) in [5.41, 5.74) is 3.32. The smallest absolute Gasteiger partial charge is 0.273 e. The van der Waals surface area contributed by atoms with Crippen molar-refractivity contribution < 1.29 is 4.79 Å². The maximum absolute atomic E-state index is 12.4. The van der Waals surface area contributed by atoms with E-state index < -0.39 is 0 Å². The SMILES string of the molecule is CC(C)(C)c1ccc(Cc2nnc(SCC(=O)NCc3ccc(Cl)cc3)[nH]c2=O)cc1. The van der Waals surface area contributed by atoms with Gasteiger partial charge in [-0.25, -0.2) is 0 Å². The molecule has 6 nitrogen and oxygen atoms in total. The maximum Gasteiger partial charge on any atom is 0.273 e. The summed E-state index contributed by atoms with van der Waals surface area (Å²) in [7, 11) is 0. The number of hydrogen-bond donors (Lipinski definition) is 2. The number of amides is 1. The number of benzene rings is 2. The summed E-state index contributed by atoms with van der Waals surface area (Å²) in [4.78, 5) is 27.1. The molecule has 0 radical (unpaired) electrons. The van der Waals surface area contributed by atoms with E-state index in [1.807, 2.05) is 24.3 Å². The van der Waals surface area contributed by atoms with E-state index in [2.05, 4.69) is 53.4 Å². The van der Waals surface area contributed by atoms with Crippen LogP contribution in [0.15, 0.2) is 58.5 Å². The number of nitrogens with one attached hydrogen (secondary N) is 2. The highest BCUT2D eigenvalue weighted by molar-refractivity contribution is 7.99. The molecule has 0 atom stereocenters. The molecule has 0 bridgehead atoms. The molecule has 1 heterocycles. The summed E-state index contributed by atoms with van der Waals surface area (Å²) in [6, 6.07) is 15.4. The van der Waals surface area contributed by atoms with Crippen molar-refractivity contribution in [2.45, 2.75) is 44.3 Å². The molecule has 0 fully saturated rings. The molecule has 2 N–H and O–H groups in total. The van der Waals surface area contributed by atoms with Crippen molar-refractivity contribution >= 4 is 29.3 Å². The van der Waals surface area contributed by atoms with Crippen LogP contribution in [0.5, 0.6) is 0 Å². The lowest BCUT2D eigenvalue weighted by Gasteiger charge is -2.19. The van der Waals surface area contributed by atoms with E-state index in [0.29, 0.717) is 28.8 Å². The van der Waals surface area contributed by atoms with Crippen LogP contribution in [0.2, 0.25) is 5.02 Å². The Hall–Kier alpha value is -2.64. The van der Waals surface area contributed by atoms with Gasteiger partial charge >= 0.3 is 0 Å². The fourth-order valence-corrected chi connectivity index (χ4v) is 3.59. The highest BCUT2D eigenvalue weighted by Gasteiger charge is 2.14. The molecular formula is C23H25ClN4O2S. The van der Waals surface area contributed by atoms with Crippen molar-refractivity contribution in [3.05, 3.63) is 86.3 Å². The van der Waals surface area contributed by atoms with Gasteiger partial charge in [0.05, 0.1) is 5.75 Å². The molecular weight excluding hydrogens is 432 g/mol. The Morgan fingerprint density at radius 1 is 1.03 bits per heavy atom. The van der Waals surface area contributed by atoms with Crippen molar-refractivity contribution in [1.29, 1.82) is 0 Å². The van der Waals surface area contributed by atoms with Gasteiger partial charge in [-0.15, -0.1) is 10.2 Å². The number of carbonyl (C=O) groups is 1. The predicted molar refractivity (Wildman–Crippen MR) is 125 cm³/mol. The van der Waals surface area contributed by atoms with Gasteiger partial charge in [0.15, 0.2) is 5.16 Å². The molecule has 0 aliphatic carbocycles. The molecule has 0 saturated heterocycles. The minimum atomic E-state index is -0.293. The molecule has 3 aromatic rings. The summed E-state index contributed by atoms with van der Waals surface area (Å²) < 4.78 is 0. The Labute approximate surface area is 190 Å². The monoisotopic (exact) mass is 456 g/mol. The van der Waals surface area contributed by atoms with Crippen molar-refractivity contribution in [2.75, 3.05) is 5.75 Å². The number of carbonyl (C=O) groups excluding carboxylic acids is 1. The highest BCUT2D eigenvalue weighted by Crippen LogP contribution is 2.22. The van der Waals surface area contributed by atoms with E-state index in [4.69, 9.17) is 11.6 Å². The van der Waals surface area contributed by atoms with Crippen LogP contribution >= 0.6 is 23.4 Å². The van der Waals surface area contributed by atoms with Crippen LogP contribution in [-0.2, 0) is 23.2 Å². The summed E-state index contributed by atoms with van der Waals surface area (Å²) in [6.07, 6.45) is 0.402. The molecule has 2 aromatic carbocycles. The van der Waals surface area contributed by atoms with E-state index >= 15 is 0 Å². The minimum absolute atomic E-state index is 0.0792. The van der Waals surface area contributed by atoms with Crippen molar-refractivity contribution in [2.24, 2.45) is 0 Å². The van der Waals surface area contributed by atoms with Crippen molar-refractivity contribution in [3.63, 3.8) is 0 Å². The van der Waals surface area contributed by atoms with Crippen LogP contribution in [0.3, 0.4) is 0 Å². The average Bonchev–Trinajstić information content (AvgIpc) is 2.73. The van der Waals surface area contributed by atoms with Crippen molar-refractivity contribution in [1.82, 2.24) is 20.5 Å². The molecule has 0 aliphatic heterocycles. The third-order valence-corrected chi connectivity index (χ3v) is 5.79. The normalized spacial score (nSPS) is 11.4. The molecule has 31 heavy (non-hydrogen) atoms. The van der Waals surface area contributed by atoms with Gasteiger partial charge in [0.25, 0.3) is 5.56 Å². The van der Waals surface area contributed by atoms with Gasteiger partial charge < -0.3 is 5.32 Å². The first kappa shape index (κ1) is 23.0. The Bertz CT molecular complexity index is 1090. The zero-order valence-corrected chi connectivity index (χ0v) is 19.3. The lowest BCUT2D eigenvalue weighted by Crippen LogP contribution is -2.25. The first-order valence-electron chi connectivity index (χ1n) is 9.90. The largest absolute Gasteiger partial charge is 0.351 e. The average molecular weight is 457 g/mol. The van der Waals surface area contributed by atoms with Gasteiger partial charge in [-0.05, 0) is 34.2 Å². The zero-order valence-electron chi connectivity index (χ0n) is 17.7. The Morgan fingerprint density at radius 2 is 1.68 bits per heavy atom. The second-order valence-corrected chi connectivity index (χ2v) is 9.62. The molecule has 3 rings (SSSR count). The molecule has 1 amide bonds. The third kappa shape index (κ3) is 6.94. The number of nitrogens with zero attached hydrogens (tertiary/aromatic N) is 2. The number of H-pyrrole nitrogens is 1. The Kier molecular flexibility index (Phi) is 7.51. The van der Waals surface area contributed by atoms with Crippen LogP contribution < -0.4 is 10.9 Å². The van der Waals surface area contributed by atoms with E-state index in [-0.39, 0.29) is 22.6 Å². The number of hydrogen-bond acceptors (Lipinski definition) is 5. The summed E-state index contributed by atoms with van der Waals surface area (Å²) in [5, 5.41) is 11.9. The molecule has 0 aliphatic rings. The van der Waals surface area contributed by atoms with Gasteiger partial charge in [-0.2, -0.15) is 0 Å². The van der Waals surface area contributed by atoms with Crippen LogP contribution in [0.25, 0.3) is 0 Å². The fraction of sp³-hybridized carbons (Fsp3) is 0.304. The highest BCUT2D eigenvalue weighted by atomic mass is 35.5. The standard InChI is InChI=1S/C23H25ClN4O2S/c1-23(2,3)17-8-4-15(5-9-17)12-19-21(30)26-22(28-27-19)31-14-20(29)25-13-16-6-10-18(24)11-7-16/h4-11H,12-14H2,1-3H3,(H,25,29)(H,26,28,30). The lowest BCUT2D eigenvalue weighted by atomic mass is 9.86. The van der Waals surface area contributed by atoms with Crippen LogP contribution in [0.4, 0.5) is 0 Å². The second-order valence-electron chi connectivity index (χ2n) is 8.22. The molecule has 8 heteroatoms. The van der Waals surface area contributed by atoms with Gasteiger partial charge in [-0.3, -0.25) is 14.6 Å². The molecule has 1 aromatic heterocycles. The Morgan fingerprint density at radius 3 is 2.29 bits per heavy atom. The quantitative estimate of drug-likeness (QED) is 0.522. The van der Waals surface area contributed by atoms with Crippen LogP contribution in [0.1, 0.15) is 43.2 Å².